The van der Waals surface area contributed by atoms with E-state index in [-0.39, 0.29) is 0 Å². The van der Waals surface area contributed by atoms with Crippen molar-refractivity contribution in [3.8, 4) is 90.6 Å². The molecule has 12 rings (SSSR count). The molecule has 0 saturated heterocycles. The van der Waals surface area contributed by atoms with Gasteiger partial charge in [0.1, 0.15) is 0 Å². The number of rotatable bonds is 6. The first-order valence-corrected chi connectivity index (χ1v) is 20.5. The largest absolute Gasteiger partial charge is 0.208 e. The van der Waals surface area contributed by atoms with Gasteiger partial charge in [-0.25, -0.2) is 29.9 Å². The minimum atomic E-state index is -0.540. The van der Waals surface area contributed by atoms with Crippen LogP contribution in [0.25, 0.3) is 90.6 Å². The number of hydrogen-bond acceptors (Lipinski definition) is 6. The molecule has 2 aliphatic rings. The Morgan fingerprint density at radius 2 is 0.475 bits per heavy atom. The highest BCUT2D eigenvalue weighted by atomic mass is 15.0. The number of hydrogen-bond donors (Lipinski definition) is 0. The molecule has 8 aromatic carbocycles. The molecule has 284 valence electrons. The average molecular weight is 779 g/mol. The molecule has 61 heavy (non-hydrogen) atoms. The molecule has 1 spiro atoms. The molecule has 0 radical (unpaired) electrons. The van der Waals surface area contributed by atoms with Crippen LogP contribution in [-0.4, -0.2) is 29.9 Å². The van der Waals surface area contributed by atoms with E-state index in [9.17, 15) is 0 Å². The zero-order valence-corrected chi connectivity index (χ0v) is 32.8. The summed E-state index contributed by atoms with van der Waals surface area (Å²) in [5, 5.41) is 0. The second-order valence-corrected chi connectivity index (χ2v) is 15.4. The van der Waals surface area contributed by atoms with Crippen molar-refractivity contribution in [2.75, 3.05) is 0 Å². The van der Waals surface area contributed by atoms with Crippen molar-refractivity contribution in [3.63, 3.8) is 0 Å². The Balaban J connectivity index is 1.04. The molecule has 0 amide bonds. The van der Waals surface area contributed by atoms with Gasteiger partial charge >= 0.3 is 0 Å². The molecule has 0 saturated carbocycles. The van der Waals surface area contributed by atoms with Gasteiger partial charge in [0.25, 0.3) is 0 Å². The average Bonchev–Trinajstić information content (AvgIpc) is 3.81. The normalized spacial score (nSPS) is 12.7. The van der Waals surface area contributed by atoms with Crippen molar-refractivity contribution in [1.82, 2.24) is 29.9 Å². The van der Waals surface area contributed by atoms with Crippen LogP contribution in [0.2, 0.25) is 0 Å². The Bertz CT molecular complexity index is 2960. The van der Waals surface area contributed by atoms with E-state index in [0.717, 1.165) is 33.4 Å². The fourth-order valence-corrected chi connectivity index (χ4v) is 9.30. The van der Waals surface area contributed by atoms with Crippen molar-refractivity contribution in [2.45, 2.75) is 5.41 Å². The van der Waals surface area contributed by atoms with E-state index in [0.29, 0.717) is 34.9 Å². The molecule has 2 aliphatic carbocycles. The Hall–Kier alpha value is -8.22. The zero-order valence-electron chi connectivity index (χ0n) is 32.8. The third-order valence-corrected chi connectivity index (χ3v) is 12.0. The van der Waals surface area contributed by atoms with Crippen LogP contribution >= 0.6 is 0 Å². The molecule has 6 nitrogen and oxygen atoms in total. The number of fused-ring (bicyclic) bond motifs is 10. The molecule has 0 unspecified atom stereocenters. The summed E-state index contributed by atoms with van der Waals surface area (Å²) in [5.74, 6) is 3.82. The van der Waals surface area contributed by atoms with E-state index in [2.05, 4.69) is 84.9 Å². The minimum Gasteiger partial charge on any atom is -0.208 e. The molecular weight excluding hydrogens is 745 g/mol. The van der Waals surface area contributed by atoms with E-state index in [1.54, 1.807) is 0 Å². The van der Waals surface area contributed by atoms with Gasteiger partial charge in [-0.15, -0.1) is 0 Å². The third-order valence-electron chi connectivity index (χ3n) is 12.0. The number of aromatic nitrogens is 6. The van der Waals surface area contributed by atoms with Gasteiger partial charge in [-0.2, -0.15) is 0 Å². The standard InChI is InChI=1S/C55H34N6/c1-5-17-35(18-6-1)49-56-50(36-19-7-2-8-20-36)59-53(58-49)39-29-31-47-43(33-39)41-25-13-15-27-45(41)55(47)46-28-16-14-26-42(46)44-34-40(30-32-48(44)55)54-60-51(37-21-9-3-10-22-37)57-52(61-54)38-23-11-4-12-24-38/h1-34H. The van der Waals surface area contributed by atoms with Gasteiger partial charge < -0.3 is 0 Å². The molecular formula is C55H34N6. The quantitative estimate of drug-likeness (QED) is 0.167. The molecule has 10 aromatic rings. The van der Waals surface area contributed by atoms with Gasteiger partial charge in [0, 0.05) is 33.4 Å². The van der Waals surface area contributed by atoms with Crippen LogP contribution in [0, 0.1) is 0 Å². The smallest absolute Gasteiger partial charge is 0.164 e. The van der Waals surface area contributed by atoms with E-state index in [4.69, 9.17) is 29.9 Å². The molecule has 0 atom stereocenters. The zero-order chi connectivity index (χ0) is 40.3. The van der Waals surface area contributed by atoms with E-state index < -0.39 is 5.41 Å². The number of nitrogens with zero attached hydrogens (tertiary/aromatic N) is 6. The molecule has 0 fully saturated rings. The summed E-state index contributed by atoms with van der Waals surface area (Å²) >= 11 is 0. The van der Waals surface area contributed by atoms with Crippen LogP contribution in [0.15, 0.2) is 206 Å². The topological polar surface area (TPSA) is 77.3 Å². The van der Waals surface area contributed by atoms with Gasteiger partial charge in [-0.05, 0) is 56.6 Å². The summed E-state index contributed by atoms with van der Waals surface area (Å²) in [7, 11) is 0. The maximum absolute atomic E-state index is 5.09. The SMILES string of the molecule is c1ccc(-c2nc(-c3ccccc3)nc(-c3ccc4c(c3)-c3ccccc3C43c4ccccc4-c4cc(-c5nc(-c6ccccc6)nc(-c6ccccc6)n5)ccc43)n2)cc1. The lowest BCUT2D eigenvalue weighted by atomic mass is 9.70. The maximum Gasteiger partial charge on any atom is 0.164 e. The lowest BCUT2D eigenvalue weighted by Crippen LogP contribution is -2.25. The predicted molar refractivity (Wildman–Crippen MR) is 242 cm³/mol. The van der Waals surface area contributed by atoms with E-state index in [1.165, 1.54) is 44.5 Å². The predicted octanol–water partition coefficient (Wildman–Crippen LogP) is 12.4. The molecule has 2 heterocycles. The second kappa shape index (κ2) is 14.0. The number of benzene rings is 8. The molecule has 0 N–H and O–H groups in total. The second-order valence-electron chi connectivity index (χ2n) is 15.4. The van der Waals surface area contributed by atoms with Crippen LogP contribution in [0.1, 0.15) is 22.3 Å². The molecule has 2 aromatic heterocycles. The van der Waals surface area contributed by atoms with Gasteiger partial charge in [0.05, 0.1) is 5.41 Å². The van der Waals surface area contributed by atoms with Crippen molar-refractivity contribution in [3.05, 3.63) is 229 Å². The first kappa shape index (κ1) is 34.8. The summed E-state index contributed by atoms with van der Waals surface area (Å²) < 4.78 is 0. The maximum atomic E-state index is 5.09. The Labute approximate surface area is 353 Å². The van der Waals surface area contributed by atoms with Crippen LogP contribution in [0.4, 0.5) is 0 Å². The van der Waals surface area contributed by atoms with E-state index >= 15 is 0 Å². The van der Waals surface area contributed by atoms with Crippen LogP contribution in [0.5, 0.6) is 0 Å². The molecule has 0 bridgehead atoms. The fourth-order valence-electron chi connectivity index (χ4n) is 9.30. The van der Waals surface area contributed by atoms with Crippen LogP contribution in [-0.2, 0) is 5.41 Å². The van der Waals surface area contributed by atoms with Crippen molar-refractivity contribution in [1.29, 1.82) is 0 Å². The summed E-state index contributed by atoms with van der Waals surface area (Å²) in [5.41, 5.74) is 14.8. The highest BCUT2D eigenvalue weighted by Gasteiger charge is 2.51. The van der Waals surface area contributed by atoms with Crippen molar-refractivity contribution in [2.24, 2.45) is 0 Å². The summed E-state index contributed by atoms with van der Waals surface area (Å²) in [6.45, 7) is 0. The Morgan fingerprint density at radius 1 is 0.213 bits per heavy atom. The molecule has 6 heteroatoms. The fraction of sp³-hybridized carbons (Fsp3) is 0.0182. The molecule has 0 aliphatic heterocycles. The Morgan fingerprint density at radius 3 is 0.803 bits per heavy atom. The highest BCUT2D eigenvalue weighted by Crippen LogP contribution is 2.63. The van der Waals surface area contributed by atoms with Crippen molar-refractivity contribution >= 4 is 0 Å². The third kappa shape index (κ3) is 5.57. The summed E-state index contributed by atoms with van der Waals surface area (Å²) in [4.78, 5) is 30.3. The first-order chi connectivity index (χ1) is 30.2. The van der Waals surface area contributed by atoms with Crippen LogP contribution in [0.3, 0.4) is 0 Å². The van der Waals surface area contributed by atoms with Gasteiger partial charge in [0.2, 0.25) is 0 Å². The van der Waals surface area contributed by atoms with Gasteiger partial charge in [-0.1, -0.05) is 194 Å². The van der Waals surface area contributed by atoms with Crippen molar-refractivity contribution < 1.29 is 0 Å². The van der Waals surface area contributed by atoms with Crippen LogP contribution < -0.4 is 0 Å². The monoisotopic (exact) mass is 778 g/mol. The Kier molecular flexibility index (Phi) is 7.96. The lowest BCUT2D eigenvalue weighted by molar-refractivity contribution is 0.794. The minimum absolute atomic E-state index is 0.540. The van der Waals surface area contributed by atoms with Gasteiger partial charge in [-0.3, -0.25) is 0 Å². The summed E-state index contributed by atoms with van der Waals surface area (Å²) in [6.07, 6.45) is 0. The lowest BCUT2D eigenvalue weighted by Gasteiger charge is -2.30. The van der Waals surface area contributed by atoms with Gasteiger partial charge in [0.15, 0.2) is 34.9 Å². The summed E-state index contributed by atoms with van der Waals surface area (Å²) in [6, 6.07) is 71.7. The first-order valence-electron chi connectivity index (χ1n) is 20.5. The highest BCUT2D eigenvalue weighted by molar-refractivity contribution is 5.96. The van der Waals surface area contributed by atoms with E-state index in [1.807, 2.05) is 121 Å².